The van der Waals surface area contributed by atoms with Gasteiger partial charge in [-0.15, -0.1) is 0 Å². The molecule has 0 fully saturated rings. The number of ether oxygens (including phenoxy) is 2. The van der Waals surface area contributed by atoms with Gasteiger partial charge in [0, 0.05) is 50.8 Å². The molecule has 0 atom stereocenters. The van der Waals surface area contributed by atoms with E-state index in [0.29, 0.717) is 19.8 Å². The number of rotatable bonds is 7. The molecule has 0 saturated carbocycles. The number of fused-ring (bicyclic) bond motifs is 1. The zero-order valence-electron chi connectivity index (χ0n) is 15.4. The van der Waals surface area contributed by atoms with Crippen molar-refractivity contribution in [1.29, 1.82) is 0 Å². The van der Waals surface area contributed by atoms with Crippen LogP contribution in [0, 0.1) is 0 Å². The van der Waals surface area contributed by atoms with E-state index >= 15 is 0 Å². The maximum atomic E-state index is 10.9. The van der Waals surface area contributed by atoms with Crippen molar-refractivity contribution in [3.63, 3.8) is 0 Å². The number of amides is 1. The Morgan fingerprint density at radius 2 is 2.04 bits per heavy atom. The number of aromatic nitrogens is 2. The molecule has 2 aromatic rings. The first kappa shape index (κ1) is 18.3. The van der Waals surface area contributed by atoms with Gasteiger partial charge in [0.25, 0.3) is 0 Å². The number of carbonyl (C=O) groups excluding carboxylic acids is 1. The van der Waals surface area contributed by atoms with E-state index in [2.05, 4.69) is 15.7 Å². The van der Waals surface area contributed by atoms with Gasteiger partial charge < -0.3 is 20.1 Å². The fourth-order valence-electron chi connectivity index (χ4n) is 2.92. The van der Waals surface area contributed by atoms with Crippen LogP contribution in [-0.4, -0.2) is 42.0 Å². The van der Waals surface area contributed by atoms with Crippen LogP contribution < -0.4 is 20.1 Å². The fraction of sp³-hybridized carbons (Fsp3) is 0.474. The molecule has 1 amide bonds. The first-order chi connectivity index (χ1) is 12.6. The molecule has 1 aromatic carbocycles. The topological polar surface area (TPSA) is 77.4 Å². The number of carbonyl (C=O) groups is 1. The van der Waals surface area contributed by atoms with Crippen LogP contribution in [0.3, 0.4) is 0 Å². The lowest BCUT2D eigenvalue weighted by atomic mass is 10.1. The largest absolute Gasteiger partial charge is 0.490 e. The number of aryl methyl sites for hydroxylation is 1. The maximum absolute atomic E-state index is 10.9. The Hall–Kier alpha value is -2.54. The third kappa shape index (κ3) is 4.76. The van der Waals surface area contributed by atoms with E-state index in [-0.39, 0.29) is 5.91 Å². The molecular formula is C19H26N4O3. The van der Waals surface area contributed by atoms with E-state index in [1.54, 1.807) is 0 Å². The lowest BCUT2D eigenvalue weighted by molar-refractivity contribution is -0.118. The van der Waals surface area contributed by atoms with Gasteiger partial charge in [0.1, 0.15) is 0 Å². The summed E-state index contributed by atoms with van der Waals surface area (Å²) >= 11 is 0. The number of nitrogens with zero attached hydrogens (tertiary/aromatic N) is 2. The second-order valence-corrected chi connectivity index (χ2v) is 6.40. The molecule has 7 heteroatoms. The van der Waals surface area contributed by atoms with Gasteiger partial charge in [-0.1, -0.05) is 0 Å². The minimum absolute atomic E-state index is 0.00829. The van der Waals surface area contributed by atoms with Crippen LogP contribution in [0.1, 0.15) is 25.3 Å². The lowest BCUT2D eigenvalue weighted by Crippen LogP contribution is -2.25. The molecule has 0 bridgehead atoms. The number of hydrogen-bond donors (Lipinski definition) is 2. The van der Waals surface area contributed by atoms with E-state index in [1.807, 2.05) is 36.1 Å². The van der Waals surface area contributed by atoms with Crippen molar-refractivity contribution >= 4 is 5.91 Å². The van der Waals surface area contributed by atoms with E-state index in [9.17, 15) is 4.79 Å². The average Bonchev–Trinajstić information content (AvgIpc) is 2.83. The first-order valence-corrected chi connectivity index (χ1v) is 9.01. The number of nitrogens with one attached hydrogen (secondary N) is 2. The van der Waals surface area contributed by atoms with E-state index in [4.69, 9.17) is 9.47 Å². The predicted octanol–water partition coefficient (Wildman–Crippen LogP) is 1.86. The van der Waals surface area contributed by atoms with Crippen molar-refractivity contribution in [2.75, 3.05) is 26.3 Å². The molecule has 3 rings (SSSR count). The monoisotopic (exact) mass is 358 g/mol. The van der Waals surface area contributed by atoms with E-state index in [1.165, 1.54) is 6.92 Å². The number of benzene rings is 1. The van der Waals surface area contributed by atoms with Crippen LogP contribution in [0.2, 0.25) is 0 Å². The average molecular weight is 358 g/mol. The molecule has 7 nitrogen and oxygen atoms in total. The van der Waals surface area contributed by atoms with Crippen LogP contribution in [0.25, 0.3) is 11.3 Å². The molecule has 0 aliphatic carbocycles. The molecule has 0 radical (unpaired) electrons. The number of hydrogen-bond acceptors (Lipinski definition) is 5. The van der Waals surface area contributed by atoms with Crippen LogP contribution in [0.15, 0.2) is 24.4 Å². The molecule has 26 heavy (non-hydrogen) atoms. The highest BCUT2D eigenvalue weighted by atomic mass is 16.5. The molecule has 2 N–H and O–H groups in total. The quantitative estimate of drug-likeness (QED) is 0.739. The molecule has 140 valence electrons. The molecular weight excluding hydrogens is 332 g/mol. The molecule has 0 saturated heterocycles. The zero-order chi connectivity index (χ0) is 18.4. The van der Waals surface area contributed by atoms with Crippen molar-refractivity contribution in [2.24, 2.45) is 7.05 Å². The lowest BCUT2D eigenvalue weighted by Gasteiger charge is -2.10. The second kappa shape index (κ2) is 8.71. The van der Waals surface area contributed by atoms with Gasteiger partial charge in [-0.2, -0.15) is 5.10 Å². The third-order valence-electron chi connectivity index (χ3n) is 4.15. The Morgan fingerprint density at radius 1 is 1.23 bits per heavy atom. The fourth-order valence-corrected chi connectivity index (χ4v) is 2.92. The van der Waals surface area contributed by atoms with Gasteiger partial charge >= 0.3 is 0 Å². The minimum atomic E-state index is 0.00829. The predicted molar refractivity (Wildman–Crippen MR) is 99.3 cm³/mol. The summed E-state index contributed by atoms with van der Waals surface area (Å²) < 4.78 is 13.3. The molecule has 0 unspecified atom stereocenters. The molecule has 1 aromatic heterocycles. The van der Waals surface area contributed by atoms with Crippen LogP contribution >= 0.6 is 0 Å². The summed E-state index contributed by atoms with van der Waals surface area (Å²) in [6.45, 7) is 5.12. The SMILES string of the molecule is CC(=O)NCCCNCc1cn(C)nc1-c1ccc2c(c1)OCCCO2. The Bertz CT molecular complexity index is 757. The van der Waals surface area contributed by atoms with Crippen molar-refractivity contribution in [3.8, 4) is 22.8 Å². The molecule has 1 aliphatic rings. The Kier molecular flexibility index (Phi) is 6.12. The normalized spacial score (nSPS) is 13.3. The van der Waals surface area contributed by atoms with E-state index < -0.39 is 0 Å². The zero-order valence-corrected chi connectivity index (χ0v) is 15.4. The highest BCUT2D eigenvalue weighted by molar-refractivity contribution is 5.72. The van der Waals surface area contributed by atoms with Crippen LogP contribution in [0.4, 0.5) is 0 Å². The van der Waals surface area contributed by atoms with Gasteiger partial charge in [-0.3, -0.25) is 9.48 Å². The summed E-state index contributed by atoms with van der Waals surface area (Å²) in [6, 6.07) is 5.98. The Labute approximate surface area is 153 Å². The third-order valence-corrected chi connectivity index (χ3v) is 4.15. The van der Waals surface area contributed by atoms with Gasteiger partial charge in [0.05, 0.1) is 18.9 Å². The molecule has 2 heterocycles. The van der Waals surface area contributed by atoms with Gasteiger partial charge in [-0.25, -0.2) is 0 Å². The highest BCUT2D eigenvalue weighted by Crippen LogP contribution is 2.34. The summed E-state index contributed by atoms with van der Waals surface area (Å²) in [5, 5.41) is 10.8. The smallest absolute Gasteiger partial charge is 0.216 e. The van der Waals surface area contributed by atoms with Gasteiger partial charge in [0.2, 0.25) is 5.91 Å². The standard InChI is InChI=1S/C19H26N4O3/c1-14(24)21-8-3-7-20-12-16-13-23(2)22-19(16)15-5-6-17-18(11-15)26-10-4-9-25-17/h5-6,11,13,20H,3-4,7-10,12H2,1-2H3,(H,21,24). The Balaban J connectivity index is 1.65. The molecule has 1 aliphatic heterocycles. The summed E-state index contributed by atoms with van der Waals surface area (Å²) in [6.07, 6.45) is 3.81. The second-order valence-electron chi connectivity index (χ2n) is 6.40. The maximum Gasteiger partial charge on any atom is 0.216 e. The van der Waals surface area contributed by atoms with Crippen molar-refractivity contribution < 1.29 is 14.3 Å². The summed E-state index contributed by atoms with van der Waals surface area (Å²) in [5.41, 5.74) is 3.09. The van der Waals surface area contributed by atoms with Crippen LogP contribution in [0.5, 0.6) is 11.5 Å². The van der Waals surface area contributed by atoms with Crippen molar-refractivity contribution in [2.45, 2.75) is 26.3 Å². The first-order valence-electron chi connectivity index (χ1n) is 9.01. The van der Waals surface area contributed by atoms with Gasteiger partial charge in [-0.05, 0) is 31.2 Å². The van der Waals surface area contributed by atoms with Gasteiger partial charge in [0.15, 0.2) is 11.5 Å². The summed E-state index contributed by atoms with van der Waals surface area (Å²) in [4.78, 5) is 10.9. The van der Waals surface area contributed by atoms with Crippen molar-refractivity contribution in [3.05, 3.63) is 30.0 Å². The Morgan fingerprint density at radius 3 is 2.85 bits per heavy atom. The molecule has 0 spiro atoms. The van der Waals surface area contributed by atoms with E-state index in [0.717, 1.165) is 54.3 Å². The summed E-state index contributed by atoms with van der Waals surface area (Å²) in [5.74, 6) is 1.58. The highest BCUT2D eigenvalue weighted by Gasteiger charge is 2.15. The summed E-state index contributed by atoms with van der Waals surface area (Å²) in [7, 11) is 1.92. The van der Waals surface area contributed by atoms with Crippen LogP contribution in [-0.2, 0) is 18.4 Å². The van der Waals surface area contributed by atoms with Crippen molar-refractivity contribution in [1.82, 2.24) is 20.4 Å². The minimum Gasteiger partial charge on any atom is -0.490 e.